The van der Waals surface area contributed by atoms with Crippen molar-refractivity contribution in [3.05, 3.63) is 36.0 Å². The van der Waals surface area contributed by atoms with Gasteiger partial charge in [-0.15, -0.1) is 0 Å². The third-order valence-electron chi connectivity index (χ3n) is 7.69. The van der Waals surface area contributed by atoms with Crippen LogP contribution < -0.4 is 16.4 Å². The Morgan fingerprint density at radius 3 is 2.05 bits per heavy atom. The third-order valence-corrected chi connectivity index (χ3v) is 9.19. The quantitative estimate of drug-likeness (QED) is 0.203. The Labute approximate surface area is 215 Å². The number of halogens is 3. The Morgan fingerprint density at radius 2 is 1.59 bits per heavy atom. The molecule has 3 fully saturated rings. The number of amidine groups is 1. The summed E-state index contributed by atoms with van der Waals surface area (Å²) in [6, 6.07) is 5.16. The lowest BCUT2D eigenvalue weighted by Gasteiger charge is -2.39. The van der Waals surface area contributed by atoms with Crippen molar-refractivity contribution in [3.63, 3.8) is 0 Å². The molecular weight excluding hydrogens is 507 g/mol. The first-order valence-electron chi connectivity index (χ1n) is 12.6. The highest BCUT2D eigenvalue weighted by molar-refractivity contribution is 7.92. The molecule has 1 aromatic rings. The average Bonchev–Trinajstić information content (AvgIpc) is 3.75. The molecule has 12 heteroatoms. The highest BCUT2D eigenvalue weighted by Gasteiger charge is 2.47. The van der Waals surface area contributed by atoms with Gasteiger partial charge in [0.05, 0.1) is 10.5 Å². The summed E-state index contributed by atoms with van der Waals surface area (Å²) in [6.07, 6.45) is 10.7. The number of primary amides is 1. The number of nitrogens with zero attached hydrogens (tertiary/aromatic N) is 1. The summed E-state index contributed by atoms with van der Waals surface area (Å²) in [6.45, 7) is 0. The van der Waals surface area contributed by atoms with Crippen LogP contribution in [0.2, 0.25) is 0 Å². The molecule has 0 bridgehead atoms. The molecule has 0 atom stereocenters. The fourth-order valence-electron chi connectivity index (χ4n) is 5.35. The molecule has 0 aliphatic heterocycles. The van der Waals surface area contributed by atoms with Crippen molar-refractivity contribution in [2.75, 3.05) is 12.4 Å². The minimum Gasteiger partial charge on any atom is -0.387 e. The van der Waals surface area contributed by atoms with Gasteiger partial charge in [-0.1, -0.05) is 0 Å². The molecular formula is C25H34F3N5O3S. The molecule has 3 aliphatic carbocycles. The van der Waals surface area contributed by atoms with E-state index in [0.29, 0.717) is 12.1 Å². The van der Waals surface area contributed by atoms with Crippen LogP contribution in [0.4, 0.5) is 18.9 Å². The second-order valence-corrected chi connectivity index (χ2v) is 12.3. The number of carbonyl (C=O) groups is 1. The van der Waals surface area contributed by atoms with Gasteiger partial charge in [-0.3, -0.25) is 15.1 Å². The molecule has 8 nitrogen and oxygen atoms in total. The van der Waals surface area contributed by atoms with E-state index in [2.05, 4.69) is 22.6 Å². The van der Waals surface area contributed by atoms with E-state index in [1.807, 2.05) is 0 Å². The molecule has 0 radical (unpaired) electrons. The highest BCUT2D eigenvalue weighted by Crippen LogP contribution is 2.48. The molecule has 1 aromatic carbocycles. The molecule has 3 saturated carbocycles. The zero-order valence-electron chi connectivity index (χ0n) is 20.7. The summed E-state index contributed by atoms with van der Waals surface area (Å²) in [5.41, 5.74) is 0.0751. The fraction of sp³-hybridized carbons (Fsp3) is 0.600. The van der Waals surface area contributed by atoms with Gasteiger partial charge in [-0.05, 0) is 94.5 Å². The van der Waals surface area contributed by atoms with Crippen molar-refractivity contribution in [1.29, 1.82) is 5.41 Å². The van der Waals surface area contributed by atoms with Crippen LogP contribution in [0.25, 0.3) is 0 Å². The van der Waals surface area contributed by atoms with Crippen LogP contribution in [0.5, 0.6) is 0 Å². The molecule has 5 N–H and O–H groups in total. The first kappa shape index (κ1) is 27.4. The minimum atomic E-state index is -5.47. The van der Waals surface area contributed by atoms with Crippen molar-refractivity contribution < 1.29 is 26.4 Å². The Morgan fingerprint density at radius 1 is 1.05 bits per heavy atom. The van der Waals surface area contributed by atoms with Gasteiger partial charge in [0.15, 0.2) is 0 Å². The van der Waals surface area contributed by atoms with Crippen molar-refractivity contribution in [2.24, 2.45) is 17.6 Å². The van der Waals surface area contributed by atoms with E-state index in [1.165, 1.54) is 31.9 Å². The number of amides is 1. The van der Waals surface area contributed by atoms with E-state index >= 15 is 0 Å². The Balaban J connectivity index is 1.31. The van der Waals surface area contributed by atoms with Crippen LogP contribution in [0.1, 0.15) is 51.4 Å². The molecule has 0 saturated heterocycles. The van der Waals surface area contributed by atoms with Gasteiger partial charge in [0.25, 0.3) is 15.7 Å². The van der Waals surface area contributed by atoms with E-state index in [0.717, 1.165) is 61.8 Å². The number of sulfone groups is 1. The van der Waals surface area contributed by atoms with E-state index in [9.17, 15) is 26.4 Å². The van der Waals surface area contributed by atoms with Crippen molar-refractivity contribution >= 4 is 27.3 Å². The van der Waals surface area contributed by atoms with Gasteiger partial charge < -0.3 is 16.4 Å². The molecule has 0 aromatic heterocycles. The number of anilines is 1. The zero-order valence-corrected chi connectivity index (χ0v) is 21.5. The predicted molar refractivity (Wildman–Crippen MR) is 134 cm³/mol. The van der Waals surface area contributed by atoms with Crippen LogP contribution >= 0.6 is 0 Å². The summed E-state index contributed by atoms with van der Waals surface area (Å²) in [7, 11) is -3.20. The van der Waals surface area contributed by atoms with Crippen LogP contribution in [0, 0.1) is 17.2 Å². The van der Waals surface area contributed by atoms with Gasteiger partial charge in [0.2, 0.25) is 0 Å². The van der Waals surface area contributed by atoms with Crippen molar-refractivity contribution in [1.82, 2.24) is 10.2 Å². The maximum absolute atomic E-state index is 12.7. The maximum Gasteiger partial charge on any atom is 0.501 e. The molecule has 0 spiro atoms. The highest BCUT2D eigenvalue weighted by atomic mass is 32.2. The third kappa shape index (κ3) is 6.46. The van der Waals surface area contributed by atoms with E-state index in [1.54, 1.807) is 0 Å². The molecule has 1 amide bonds. The number of nitrogens with two attached hydrogens (primary N) is 1. The molecule has 37 heavy (non-hydrogen) atoms. The lowest BCUT2D eigenvalue weighted by molar-refractivity contribution is -0.114. The second-order valence-electron chi connectivity index (χ2n) is 10.4. The second kappa shape index (κ2) is 10.6. The Hall–Kier alpha value is -2.60. The van der Waals surface area contributed by atoms with Gasteiger partial charge in [-0.25, -0.2) is 8.42 Å². The van der Waals surface area contributed by atoms with Gasteiger partial charge in [0, 0.05) is 30.0 Å². The van der Waals surface area contributed by atoms with E-state index in [-0.39, 0.29) is 23.1 Å². The summed E-state index contributed by atoms with van der Waals surface area (Å²) < 4.78 is 61.2. The lowest BCUT2D eigenvalue weighted by atomic mass is 9.88. The monoisotopic (exact) mass is 541 g/mol. The molecule has 4 rings (SSSR count). The van der Waals surface area contributed by atoms with Gasteiger partial charge >= 0.3 is 5.51 Å². The summed E-state index contributed by atoms with van der Waals surface area (Å²) in [4.78, 5) is 13.7. The molecule has 204 valence electrons. The minimum absolute atomic E-state index is 0.117. The van der Waals surface area contributed by atoms with Crippen LogP contribution in [0.3, 0.4) is 0 Å². The van der Waals surface area contributed by atoms with Crippen molar-refractivity contribution in [3.8, 4) is 0 Å². The number of benzene rings is 1. The SMILES string of the molecule is CN(C(C1CC1)C1CC1)[C@H]1CC[C@@H](N/C=C(\C(=N)Nc2ccc(S(=O)(=O)C(F)(F)F)cc2)C(N)=O)CC1. The lowest BCUT2D eigenvalue weighted by Crippen LogP contribution is -2.46. The topological polar surface area (TPSA) is 128 Å². The van der Waals surface area contributed by atoms with Gasteiger partial charge in [0.1, 0.15) is 5.84 Å². The van der Waals surface area contributed by atoms with E-state index < -0.39 is 26.1 Å². The van der Waals surface area contributed by atoms with Crippen LogP contribution in [0.15, 0.2) is 40.9 Å². The number of rotatable bonds is 10. The van der Waals surface area contributed by atoms with Crippen molar-refractivity contribution in [2.45, 2.75) is 79.9 Å². The smallest absolute Gasteiger partial charge is 0.387 e. The zero-order chi connectivity index (χ0) is 27.0. The average molecular weight is 542 g/mol. The fourth-order valence-corrected chi connectivity index (χ4v) is 6.11. The summed E-state index contributed by atoms with van der Waals surface area (Å²) in [5.74, 6) is 0.527. The summed E-state index contributed by atoms with van der Waals surface area (Å²) in [5, 5.41) is 14.0. The number of hydrogen-bond acceptors (Lipinski definition) is 6. The number of carbonyl (C=O) groups excluding carboxylic acids is 1. The molecule has 0 heterocycles. The number of alkyl halides is 3. The predicted octanol–water partition coefficient (Wildman–Crippen LogP) is 3.76. The normalized spacial score (nSPS) is 23.2. The van der Waals surface area contributed by atoms with Gasteiger partial charge in [-0.2, -0.15) is 13.2 Å². The number of hydrogen-bond donors (Lipinski definition) is 4. The Bertz CT molecular complexity index is 1130. The van der Waals surface area contributed by atoms with Crippen LogP contribution in [-0.2, 0) is 14.6 Å². The summed E-state index contributed by atoms with van der Waals surface area (Å²) >= 11 is 0. The first-order valence-corrected chi connectivity index (χ1v) is 14.1. The maximum atomic E-state index is 12.7. The largest absolute Gasteiger partial charge is 0.501 e. The number of nitrogens with one attached hydrogen (secondary N) is 3. The van der Waals surface area contributed by atoms with Crippen LogP contribution in [-0.4, -0.2) is 55.7 Å². The standard InChI is InChI=1S/C25H34F3N5O3S/c1-33(22(15-2-3-15)16-4-5-16)19-10-6-17(7-11-19)31-14-21(24(30)34)23(29)32-18-8-12-20(13-9-18)37(35,36)25(26,27)28/h8-9,12-17,19,22,31H,2-7,10-11H2,1H3,(H2,29,32)(H2,30,34)/b21-14+/t17-,19+. The van der Waals surface area contributed by atoms with E-state index in [4.69, 9.17) is 11.1 Å². The molecule has 3 aliphatic rings. The Kier molecular flexibility index (Phi) is 7.89. The molecule has 0 unspecified atom stereocenters. The first-order chi connectivity index (χ1) is 17.4.